The van der Waals surface area contributed by atoms with E-state index in [1.54, 1.807) is 0 Å². The standard InChI is InChI=1S/C25H34N4O/c1-3-5-15-30-25(8-4-2)24(28-14-13-20(26)17-28)16-21-23-12-11-19-9-6-7-10-22(19)29(23)18-27-21/h4,6-10,18,20,24H,2-3,5,11-17,26H2,1H3/b25-8+/t20-,24-/m0/s1. The quantitative estimate of drug-likeness (QED) is 0.391. The van der Waals surface area contributed by atoms with Gasteiger partial charge in [0.1, 0.15) is 5.76 Å². The van der Waals surface area contributed by atoms with Crippen LogP contribution in [0.15, 0.2) is 55.1 Å². The fourth-order valence-electron chi connectivity index (χ4n) is 4.66. The number of allylic oxidation sites excluding steroid dienone is 2. The van der Waals surface area contributed by atoms with Crippen molar-refractivity contribution in [2.75, 3.05) is 19.7 Å². The van der Waals surface area contributed by atoms with Crippen LogP contribution in [-0.2, 0) is 24.0 Å². The Balaban J connectivity index is 1.62. The van der Waals surface area contributed by atoms with Crippen LogP contribution in [0.25, 0.3) is 5.69 Å². The SMILES string of the molecule is C=C/C=C(/OCCCC)[C@H](Cc1ncn2c1CCc1ccccc1-2)N1CC[C@H](N)C1. The smallest absolute Gasteiger partial charge is 0.113 e. The molecule has 5 nitrogen and oxygen atoms in total. The Hall–Kier alpha value is -2.37. The van der Waals surface area contributed by atoms with Gasteiger partial charge in [-0.2, -0.15) is 0 Å². The molecule has 5 heteroatoms. The lowest BCUT2D eigenvalue weighted by atomic mass is 9.98. The fraction of sp³-hybridized carbons (Fsp3) is 0.480. The Morgan fingerprint density at radius 3 is 3.00 bits per heavy atom. The van der Waals surface area contributed by atoms with Crippen molar-refractivity contribution in [2.45, 2.75) is 57.5 Å². The zero-order valence-corrected chi connectivity index (χ0v) is 18.1. The molecule has 1 aromatic carbocycles. The Labute approximate surface area is 180 Å². The number of nitrogens with two attached hydrogens (primary N) is 1. The zero-order valence-electron chi connectivity index (χ0n) is 18.1. The molecule has 0 spiro atoms. The lowest BCUT2D eigenvalue weighted by molar-refractivity contribution is 0.133. The van der Waals surface area contributed by atoms with Gasteiger partial charge in [0.25, 0.3) is 0 Å². The molecule has 1 aromatic heterocycles. The van der Waals surface area contributed by atoms with Crippen molar-refractivity contribution >= 4 is 0 Å². The van der Waals surface area contributed by atoms with E-state index in [-0.39, 0.29) is 12.1 Å². The number of ether oxygens (including phenoxy) is 1. The number of rotatable bonds is 9. The van der Waals surface area contributed by atoms with Crippen LogP contribution >= 0.6 is 0 Å². The molecule has 2 aliphatic rings. The highest BCUT2D eigenvalue weighted by Crippen LogP contribution is 2.29. The maximum Gasteiger partial charge on any atom is 0.113 e. The molecule has 0 unspecified atom stereocenters. The van der Waals surface area contributed by atoms with Gasteiger partial charge in [0.15, 0.2) is 0 Å². The van der Waals surface area contributed by atoms with E-state index in [1.165, 1.54) is 22.6 Å². The van der Waals surface area contributed by atoms with Gasteiger partial charge in [-0.3, -0.25) is 4.90 Å². The van der Waals surface area contributed by atoms with E-state index >= 15 is 0 Å². The van der Waals surface area contributed by atoms with Crippen LogP contribution in [0.2, 0.25) is 0 Å². The van der Waals surface area contributed by atoms with Crippen LogP contribution in [-0.4, -0.2) is 46.2 Å². The summed E-state index contributed by atoms with van der Waals surface area (Å²) in [5.41, 5.74) is 11.4. The average molecular weight is 407 g/mol. The maximum atomic E-state index is 6.25. The van der Waals surface area contributed by atoms with E-state index in [9.17, 15) is 0 Å². The maximum absolute atomic E-state index is 6.25. The molecule has 30 heavy (non-hydrogen) atoms. The largest absolute Gasteiger partial charge is 0.496 e. The Bertz CT molecular complexity index is 900. The van der Waals surface area contributed by atoms with Gasteiger partial charge in [0.2, 0.25) is 0 Å². The number of aryl methyl sites for hydroxylation is 1. The van der Waals surface area contributed by atoms with Crippen LogP contribution in [0.5, 0.6) is 0 Å². The third kappa shape index (κ3) is 4.37. The summed E-state index contributed by atoms with van der Waals surface area (Å²) in [5.74, 6) is 0.991. The summed E-state index contributed by atoms with van der Waals surface area (Å²) in [6.07, 6.45) is 12.0. The van der Waals surface area contributed by atoms with Crippen molar-refractivity contribution in [3.63, 3.8) is 0 Å². The molecule has 1 saturated heterocycles. The number of nitrogens with zero attached hydrogens (tertiary/aromatic N) is 3. The molecule has 2 atom stereocenters. The zero-order chi connectivity index (χ0) is 20.9. The number of benzene rings is 1. The third-order valence-corrected chi connectivity index (χ3v) is 6.30. The van der Waals surface area contributed by atoms with Gasteiger partial charge in [-0.05, 0) is 43.4 Å². The molecule has 1 fully saturated rings. The van der Waals surface area contributed by atoms with Crippen LogP contribution in [0.3, 0.4) is 0 Å². The minimum Gasteiger partial charge on any atom is -0.496 e. The highest BCUT2D eigenvalue weighted by molar-refractivity contribution is 5.46. The molecule has 0 radical (unpaired) electrons. The Morgan fingerprint density at radius 1 is 1.37 bits per heavy atom. The highest BCUT2D eigenvalue weighted by Gasteiger charge is 2.32. The summed E-state index contributed by atoms with van der Waals surface area (Å²) in [6.45, 7) is 8.74. The molecule has 0 bridgehead atoms. The summed E-state index contributed by atoms with van der Waals surface area (Å²) in [7, 11) is 0. The summed E-state index contributed by atoms with van der Waals surface area (Å²) < 4.78 is 8.53. The van der Waals surface area contributed by atoms with Crippen molar-refractivity contribution < 1.29 is 4.74 Å². The first kappa shape index (κ1) is 20.9. The second-order valence-electron chi connectivity index (χ2n) is 8.41. The van der Waals surface area contributed by atoms with Crippen LogP contribution in [0, 0.1) is 0 Å². The minimum atomic E-state index is 0.144. The predicted molar refractivity (Wildman–Crippen MR) is 122 cm³/mol. The molecule has 0 saturated carbocycles. The van der Waals surface area contributed by atoms with Gasteiger partial charge in [0.05, 0.1) is 24.7 Å². The van der Waals surface area contributed by atoms with Gasteiger partial charge in [-0.25, -0.2) is 4.98 Å². The molecule has 160 valence electrons. The lowest BCUT2D eigenvalue weighted by Crippen LogP contribution is -2.39. The van der Waals surface area contributed by atoms with Gasteiger partial charge in [0, 0.05) is 36.9 Å². The Kier molecular flexibility index (Phi) is 6.70. The number of unbranched alkanes of at least 4 members (excludes halogenated alkanes) is 1. The normalized spacial score (nSPS) is 19.9. The number of likely N-dealkylation sites (tertiary alicyclic amines) is 1. The molecular weight excluding hydrogens is 372 g/mol. The molecule has 2 aromatic rings. The lowest BCUT2D eigenvalue weighted by Gasteiger charge is -2.30. The second kappa shape index (κ2) is 9.63. The number of aromatic nitrogens is 2. The predicted octanol–water partition coefficient (Wildman–Crippen LogP) is 3.80. The molecule has 0 aliphatic carbocycles. The first-order valence-electron chi connectivity index (χ1n) is 11.3. The van der Waals surface area contributed by atoms with Crippen molar-refractivity contribution in [1.29, 1.82) is 0 Å². The van der Waals surface area contributed by atoms with Crippen molar-refractivity contribution in [1.82, 2.24) is 14.5 Å². The monoisotopic (exact) mass is 406 g/mol. The van der Waals surface area contributed by atoms with E-state index in [0.29, 0.717) is 0 Å². The fourth-order valence-corrected chi connectivity index (χ4v) is 4.66. The van der Waals surface area contributed by atoms with Gasteiger partial charge >= 0.3 is 0 Å². The minimum absolute atomic E-state index is 0.144. The van der Waals surface area contributed by atoms with Gasteiger partial charge < -0.3 is 15.0 Å². The molecule has 0 amide bonds. The topological polar surface area (TPSA) is 56.3 Å². The summed E-state index contributed by atoms with van der Waals surface area (Å²) >= 11 is 0. The van der Waals surface area contributed by atoms with E-state index in [2.05, 4.69) is 47.2 Å². The molecule has 4 rings (SSSR count). The van der Waals surface area contributed by atoms with Gasteiger partial charge in [-0.1, -0.05) is 44.2 Å². The van der Waals surface area contributed by atoms with Crippen molar-refractivity contribution in [2.24, 2.45) is 5.73 Å². The number of imidazole rings is 1. The first-order valence-corrected chi connectivity index (χ1v) is 11.3. The molecule has 2 aliphatic heterocycles. The summed E-state index contributed by atoms with van der Waals surface area (Å²) in [5, 5.41) is 0. The molecular formula is C25H34N4O. The second-order valence-corrected chi connectivity index (χ2v) is 8.41. The third-order valence-electron chi connectivity index (χ3n) is 6.30. The Morgan fingerprint density at radius 2 is 2.23 bits per heavy atom. The summed E-state index contributed by atoms with van der Waals surface area (Å²) in [6, 6.07) is 9.01. The van der Waals surface area contributed by atoms with E-state index in [4.69, 9.17) is 15.5 Å². The van der Waals surface area contributed by atoms with Gasteiger partial charge in [-0.15, -0.1) is 0 Å². The number of para-hydroxylation sites is 1. The van der Waals surface area contributed by atoms with Crippen LogP contribution in [0.4, 0.5) is 0 Å². The molecule has 2 N–H and O–H groups in total. The van der Waals surface area contributed by atoms with Crippen LogP contribution in [0.1, 0.15) is 43.1 Å². The molecule has 3 heterocycles. The number of hydrogen-bond donors (Lipinski definition) is 1. The number of fused-ring (bicyclic) bond motifs is 3. The van der Waals surface area contributed by atoms with E-state index in [0.717, 1.165) is 64.0 Å². The first-order chi connectivity index (χ1) is 14.7. The average Bonchev–Trinajstić information content (AvgIpc) is 3.38. The van der Waals surface area contributed by atoms with Crippen LogP contribution < -0.4 is 5.73 Å². The van der Waals surface area contributed by atoms with E-state index in [1.807, 2.05) is 18.5 Å². The van der Waals surface area contributed by atoms with Crippen molar-refractivity contribution in [3.8, 4) is 5.69 Å². The highest BCUT2D eigenvalue weighted by atomic mass is 16.5. The van der Waals surface area contributed by atoms with E-state index < -0.39 is 0 Å². The summed E-state index contributed by atoms with van der Waals surface area (Å²) in [4.78, 5) is 7.33. The number of hydrogen-bond acceptors (Lipinski definition) is 4. The van der Waals surface area contributed by atoms with Crippen molar-refractivity contribution in [3.05, 3.63) is 72.0 Å².